The Bertz CT molecular complexity index is 320. The molecule has 0 bridgehead atoms. The van der Waals surface area contributed by atoms with Gasteiger partial charge in [-0.05, 0) is 113 Å². The minimum Gasteiger partial charge on any atom is -0.392 e. The Labute approximate surface area is 145 Å². The van der Waals surface area contributed by atoms with Crippen LogP contribution in [0.4, 0.5) is 0 Å². The summed E-state index contributed by atoms with van der Waals surface area (Å²) < 4.78 is 6.12. The van der Waals surface area contributed by atoms with Gasteiger partial charge in [-0.25, -0.2) is 0 Å². The normalized spacial score (nSPS) is 10.6. The van der Waals surface area contributed by atoms with E-state index in [2.05, 4.69) is 113 Å². The molecule has 0 fully saturated rings. The van der Waals surface area contributed by atoms with Gasteiger partial charge in [0.05, 0.1) is 6.61 Å². The summed E-state index contributed by atoms with van der Waals surface area (Å²) in [6, 6.07) is 0. The molecule has 0 saturated heterocycles. The zero-order valence-corrected chi connectivity index (χ0v) is 16.8. The lowest BCUT2D eigenvalue weighted by Gasteiger charge is -2.11. The van der Waals surface area contributed by atoms with E-state index in [1.807, 2.05) is 0 Å². The Morgan fingerprint density at radius 2 is 1.00 bits per heavy atom. The number of hydrogen-bond acceptors (Lipinski definition) is 1. The van der Waals surface area contributed by atoms with E-state index in [9.17, 15) is 5.11 Å². The lowest BCUT2D eigenvalue weighted by molar-refractivity contribution is 0.280. The topological polar surface area (TPSA) is 20.2 Å². The molecule has 0 aromatic heterocycles. The lowest BCUT2D eigenvalue weighted by Crippen LogP contribution is -2.02. The molecule has 0 aliphatic heterocycles. The van der Waals surface area contributed by atoms with E-state index in [-0.39, 0.29) is 6.61 Å². The molecule has 0 aliphatic carbocycles. The van der Waals surface area contributed by atoms with Crippen molar-refractivity contribution in [3.63, 3.8) is 0 Å². The number of benzene rings is 1. The smallest absolute Gasteiger partial charge is 0.0703 e. The predicted molar refractivity (Wildman–Crippen MR) is 95.9 cm³/mol. The van der Waals surface area contributed by atoms with Crippen LogP contribution in [0, 0.1) is 17.9 Å². The van der Waals surface area contributed by atoms with Gasteiger partial charge in [-0.15, -0.1) is 0 Å². The second-order valence-electron chi connectivity index (χ2n) is 2.21. The number of halogens is 5. The monoisotopic (exact) mass is 738 g/mol. The molecule has 0 heterocycles. The molecule has 0 spiro atoms. The first-order valence-electron chi connectivity index (χ1n) is 3.11. The minimum atomic E-state index is 0.124. The molecule has 0 aliphatic rings. The lowest BCUT2D eigenvalue weighted by atomic mass is 10.2. The zero-order valence-electron chi connectivity index (χ0n) is 6.04. The largest absolute Gasteiger partial charge is 0.392 e. The molecule has 0 amide bonds. The maximum atomic E-state index is 9.22. The fourth-order valence-corrected chi connectivity index (χ4v) is 6.00. The number of aliphatic hydroxyl groups excluding tert-OH is 1. The molecule has 6 heteroatoms. The van der Waals surface area contributed by atoms with Crippen LogP contribution >= 0.6 is 113 Å². The summed E-state index contributed by atoms with van der Waals surface area (Å²) in [5, 5.41) is 9.22. The Morgan fingerprint density at radius 1 is 0.692 bits per heavy atom. The van der Waals surface area contributed by atoms with Gasteiger partial charge in [-0.2, -0.15) is 0 Å². The molecule has 1 rings (SSSR count). The van der Waals surface area contributed by atoms with Crippen LogP contribution in [0.1, 0.15) is 5.56 Å². The van der Waals surface area contributed by atoms with Crippen LogP contribution in [-0.4, -0.2) is 5.11 Å². The highest BCUT2D eigenvalue weighted by Crippen LogP contribution is 2.33. The number of aliphatic hydroxyl groups is 1. The molecule has 13 heavy (non-hydrogen) atoms. The summed E-state index contributed by atoms with van der Waals surface area (Å²) in [5.74, 6) is 0. The van der Waals surface area contributed by atoms with Gasteiger partial charge < -0.3 is 5.11 Å². The van der Waals surface area contributed by atoms with E-state index in [0.29, 0.717) is 0 Å². The average molecular weight is 738 g/mol. The molecule has 0 radical (unpaired) electrons. The van der Waals surface area contributed by atoms with Crippen LogP contribution in [0.25, 0.3) is 0 Å². The Kier molecular flexibility index (Phi) is 6.36. The second-order valence-corrected chi connectivity index (χ2v) is 7.60. The summed E-state index contributed by atoms with van der Waals surface area (Å²) in [7, 11) is 0. The molecular formula is C7H3I5O. The molecular weight excluding hydrogens is 735 g/mol. The zero-order chi connectivity index (χ0) is 10.2. The van der Waals surface area contributed by atoms with E-state index >= 15 is 0 Å². The van der Waals surface area contributed by atoms with Crippen molar-refractivity contribution in [1.29, 1.82) is 0 Å². The highest BCUT2D eigenvalue weighted by atomic mass is 127. The Balaban J connectivity index is 3.56. The van der Waals surface area contributed by atoms with Crippen LogP contribution in [-0.2, 0) is 6.61 Å². The van der Waals surface area contributed by atoms with E-state index < -0.39 is 0 Å². The average Bonchev–Trinajstić information content (AvgIpc) is 2.13. The Hall–Kier alpha value is 2.83. The summed E-state index contributed by atoms with van der Waals surface area (Å²) in [4.78, 5) is 0. The molecule has 0 saturated carbocycles. The molecule has 1 aromatic carbocycles. The highest BCUT2D eigenvalue weighted by Gasteiger charge is 2.15. The van der Waals surface area contributed by atoms with Crippen LogP contribution in [0.15, 0.2) is 0 Å². The third-order valence-electron chi connectivity index (χ3n) is 1.46. The fraction of sp³-hybridized carbons (Fsp3) is 0.143. The summed E-state index contributed by atoms with van der Waals surface area (Å²) in [6.07, 6.45) is 0. The van der Waals surface area contributed by atoms with E-state index in [1.165, 1.54) is 17.9 Å². The van der Waals surface area contributed by atoms with Crippen LogP contribution in [0.5, 0.6) is 0 Å². The number of hydrogen-bond donors (Lipinski definition) is 1. The third-order valence-corrected chi connectivity index (χ3v) is 11.2. The van der Waals surface area contributed by atoms with Gasteiger partial charge in [0, 0.05) is 23.4 Å². The van der Waals surface area contributed by atoms with Crippen molar-refractivity contribution >= 4 is 113 Å². The van der Waals surface area contributed by atoms with Gasteiger partial charge in [0.15, 0.2) is 0 Å². The molecule has 1 N–H and O–H groups in total. The van der Waals surface area contributed by atoms with E-state index in [4.69, 9.17) is 0 Å². The Morgan fingerprint density at radius 3 is 1.31 bits per heavy atom. The van der Waals surface area contributed by atoms with Crippen molar-refractivity contribution in [3.8, 4) is 0 Å². The fourth-order valence-electron chi connectivity index (χ4n) is 0.789. The SMILES string of the molecule is OCc1c(I)c(I)c(I)c(I)c1I. The highest BCUT2D eigenvalue weighted by molar-refractivity contribution is 14.1. The third kappa shape index (κ3) is 2.94. The van der Waals surface area contributed by atoms with Crippen molar-refractivity contribution in [1.82, 2.24) is 0 Å². The van der Waals surface area contributed by atoms with Gasteiger partial charge in [0.2, 0.25) is 0 Å². The predicted octanol–water partition coefficient (Wildman–Crippen LogP) is 4.20. The maximum Gasteiger partial charge on any atom is 0.0703 e. The van der Waals surface area contributed by atoms with Gasteiger partial charge >= 0.3 is 0 Å². The molecule has 72 valence electrons. The molecule has 1 nitrogen and oxygen atoms in total. The maximum absolute atomic E-state index is 9.22. The second kappa shape index (κ2) is 5.95. The quantitative estimate of drug-likeness (QED) is 0.261. The summed E-state index contributed by atoms with van der Waals surface area (Å²) in [5.41, 5.74) is 1.05. The van der Waals surface area contributed by atoms with E-state index in [1.54, 1.807) is 0 Å². The first-order valence-corrected chi connectivity index (χ1v) is 8.51. The van der Waals surface area contributed by atoms with Crippen LogP contribution < -0.4 is 0 Å². The van der Waals surface area contributed by atoms with Gasteiger partial charge in [-0.3, -0.25) is 0 Å². The summed E-state index contributed by atoms with van der Waals surface area (Å²) in [6.45, 7) is 0.124. The van der Waals surface area contributed by atoms with Gasteiger partial charge in [0.1, 0.15) is 0 Å². The van der Waals surface area contributed by atoms with Gasteiger partial charge in [-0.1, -0.05) is 0 Å². The van der Waals surface area contributed by atoms with Crippen molar-refractivity contribution in [2.75, 3.05) is 0 Å². The van der Waals surface area contributed by atoms with Crippen molar-refractivity contribution in [2.45, 2.75) is 6.61 Å². The van der Waals surface area contributed by atoms with Crippen molar-refractivity contribution in [3.05, 3.63) is 23.4 Å². The number of rotatable bonds is 1. The van der Waals surface area contributed by atoms with Crippen LogP contribution in [0.2, 0.25) is 0 Å². The minimum absolute atomic E-state index is 0.124. The molecule has 0 atom stereocenters. The van der Waals surface area contributed by atoms with Crippen molar-refractivity contribution in [2.24, 2.45) is 0 Å². The molecule has 1 aromatic rings. The van der Waals surface area contributed by atoms with Crippen LogP contribution in [0.3, 0.4) is 0 Å². The standard InChI is InChI=1S/C7H3I5O/c8-3-2(1-13)4(9)6(11)7(12)5(3)10/h13H,1H2. The first kappa shape index (κ1) is 13.9. The van der Waals surface area contributed by atoms with Crippen molar-refractivity contribution < 1.29 is 5.11 Å². The van der Waals surface area contributed by atoms with Gasteiger partial charge in [0.25, 0.3) is 0 Å². The van der Waals surface area contributed by atoms with E-state index in [0.717, 1.165) is 5.56 Å². The summed E-state index contributed by atoms with van der Waals surface area (Å²) >= 11 is 11.6. The first-order chi connectivity index (χ1) is 6.00. The molecule has 0 unspecified atom stereocenters.